The number of benzene rings is 2. The standard InChI is InChI=1S/C19H23ClN2O2/c1-13-8-9-16(20)12-17(13)22-19(23)21-10-5-11-24-18-14(2)6-4-7-15(18)3/h4,6-9,12H,5,10-11H2,1-3H3,(H2,21,22,23). The fraction of sp³-hybridized carbons (Fsp3) is 0.316. The highest BCUT2D eigenvalue weighted by molar-refractivity contribution is 6.31. The summed E-state index contributed by atoms with van der Waals surface area (Å²) in [7, 11) is 0. The van der Waals surface area contributed by atoms with Crippen molar-refractivity contribution in [3.8, 4) is 5.75 Å². The number of amides is 2. The number of nitrogens with one attached hydrogen (secondary N) is 2. The van der Waals surface area contributed by atoms with Crippen LogP contribution in [-0.2, 0) is 0 Å². The average molecular weight is 347 g/mol. The van der Waals surface area contributed by atoms with E-state index in [-0.39, 0.29) is 6.03 Å². The molecule has 0 atom stereocenters. The van der Waals surface area contributed by atoms with Gasteiger partial charge in [-0.1, -0.05) is 35.9 Å². The minimum absolute atomic E-state index is 0.243. The van der Waals surface area contributed by atoms with Crippen LogP contribution in [0.1, 0.15) is 23.1 Å². The molecule has 0 aliphatic carbocycles. The van der Waals surface area contributed by atoms with Crippen molar-refractivity contribution in [2.45, 2.75) is 27.2 Å². The molecule has 0 aliphatic heterocycles. The van der Waals surface area contributed by atoms with E-state index in [0.717, 1.165) is 28.9 Å². The molecule has 4 nitrogen and oxygen atoms in total. The summed E-state index contributed by atoms with van der Waals surface area (Å²) < 4.78 is 5.81. The number of aryl methyl sites for hydroxylation is 3. The summed E-state index contributed by atoms with van der Waals surface area (Å²) in [4.78, 5) is 11.9. The van der Waals surface area contributed by atoms with Crippen molar-refractivity contribution in [2.75, 3.05) is 18.5 Å². The number of hydrogen-bond acceptors (Lipinski definition) is 2. The fourth-order valence-corrected chi connectivity index (χ4v) is 2.54. The Labute approximate surface area is 148 Å². The van der Waals surface area contributed by atoms with Crippen molar-refractivity contribution >= 4 is 23.3 Å². The zero-order valence-electron chi connectivity index (χ0n) is 14.3. The van der Waals surface area contributed by atoms with Crippen LogP contribution in [0.3, 0.4) is 0 Å². The average Bonchev–Trinajstić information content (AvgIpc) is 2.53. The smallest absolute Gasteiger partial charge is 0.319 e. The number of carbonyl (C=O) groups excluding carboxylic acids is 1. The van der Waals surface area contributed by atoms with E-state index in [4.69, 9.17) is 16.3 Å². The summed E-state index contributed by atoms with van der Waals surface area (Å²) in [5.41, 5.74) is 3.92. The van der Waals surface area contributed by atoms with Crippen LogP contribution in [0.4, 0.5) is 10.5 Å². The lowest BCUT2D eigenvalue weighted by atomic mass is 10.1. The van der Waals surface area contributed by atoms with Crippen molar-refractivity contribution in [1.82, 2.24) is 5.32 Å². The molecule has 2 aromatic rings. The number of ether oxygens (including phenoxy) is 1. The molecular formula is C19H23ClN2O2. The summed E-state index contributed by atoms with van der Waals surface area (Å²) in [6.45, 7) is 7.07. The van der Waals surface area contributed by atoms with Crippen LogP contribution in [0.25, 0.3) is 0 Å². The Hall–Kier alpha value is -2.20. The topological polar surface area (TPSA) is 50.4 Å². The summed E-state index contributed by atoms with van der Waals surface area (Å²) in [5.74, 6) is 0.927. The van der Waals surface area contributed by atoms with Gasteiger partial charge in [0.25, 0.3) is 0 Å². The molecule has 2 aromatic carbocycles. The summed E-state index contributed by atoms with van der Waals surface area (Å²) in [5, 5.41) is 6.22. The third kappa shape index (κ3) is 5.17. The van der Waals surface area contributed by atoms with Crippen molar-refractivity contribution in [1.29, 1.82) is 0 Å². The van der Waals surface area contributed by atoms with Gasteiger partial charge in [0.15, 0.2) is 0 Å². The first-order valence-corrected chi connectivity index (χ1v) is 8.35. The largest absolute Gasteiger partial charge is 0.493 e. The normalized spacial score (nSPS) is 10.3. The second kappa shape index (κ2) is 8.60. The highest BCUT2D eigenvalue weighted by Gasteiger charge is 2.05. The van der Waals surface area contributed by atoms with Gasteiger partial charge in [-0.2, -0.15) is 0 Å². The Morgan fingerprint density at radius 3 is 2.50 bits per heavy atom. The molecule has 24 heavy (non-hydrogen) atoms. The molecule has 0 fully saturated rings. The van der Waals surface area contributed by atoms with Crippen LogP contribution in [0.15, 0.2) is 36.4 Å². The third-order valence-corrected chi connectivity index (χ3v) is 3.94. The van der Waals surface area contributed by atoms with E-state index in [0.29, 0.717) is 23.9 Å². The van der Waals surface area contributed by atoms with E-state index in [1.54, 1.807) is 12.1 Å². The van der Waals surface area contributed by atoms with Gasteiger partial charge in [0.2, 0.25) is 0 Å². The monoisotopic (exact) mass is 346 g/mol. The maximum atomic E-state index is 11.9. The second-order valence-corrected chi connectivity index (χ2v) is 6.20. The Kier molecular flexibility index (Phi) is 6.50. The number of anilines is 1. The van der Waals surface area contributed by atoms with E-state index >= 15 is 0 Å². The van der Waals surface area contributed by atoms with Crippen molar-refractivity contribution in [2.24, 2.45) is 0 Å². The minimum Gasteiger partial charge on any atom is -0.493 e. The first-order valence-electron chi connectivity index (χ1n) is 7.97. The van der Waals surface area contributed by atoms with Crippen molar-refractivity contribution in [3.63, 3.8) is 0 Å². The molecular weight excluding hydrogens is 324 g/mol. The van der Waals surface area contributed by atoms with Gasteiger partial charge in [-0.05, 0) is 56.0 Å². The predicted octanol–water partition coefficient (Wildman–Crippen LogP) is 4.86. The number of urea groups is 1. The Balaban J connectivity index is 1.72. The first-order chi connectivity index (χ1) is 11.5. The second-order valence-electron chi connectivity index (χ2n) is 5.76. The van der Waals surface area contributed by atoms with Crippen molar-refractivity contribution < 1.29 is 9.53 Å². The molecule has 0 saturated heterocycles. The molecule has 2 rings (SSSR count). The van der Waals surface area contributed by atoms with Crippen LogP contribution in [0.5, 0.6) is 5.75 Å². The molecule has 5 heteroatoms. The highest BCUT2D eigenvalue weighted by Crippen LogP contribution is 2.22. The van der Waals surface area contributed by atoms with Gasteiger partial charge < -0.3 is 15.4 Å². The molecule has 0 aromatic heterocycles. The number of rotatable bonds is 6. The van der Waals surface area contributed by atoms with Crippen LogP contribution in [-0.4, -0.2) is 19.2 Å². The quantitative estimate of drug-likeness (QED) is 0.734. The summed E-state index contributed by atoms with van der Waals surface area (Å²) in [6.07, 6.45) is 0.732. The van der Waals surface area contributed by atoms with E-state index in [2.05, 4.69) is 10.6 Å². The molecule has 2 N–H and O–H groups in total. The van der Waals surface area contributed by atoms with Gasteiger partial charge in [-0.25, -0.2) is 4.79 Å². The Morgan fingerprint density at radius 1 is 1.08 bits per heavy atom. The van der Waals surface area contributed by atoms with E-state index in [1.807, 2.05) is 45.0 Å². The first kappa shape index (κ1) is 18.1. The molecule has 0 saturated carbocycles. The Bertz CT molecular complexity index is 696. The molecule has 0 spiro atoms. The maximum absolute atomic E-state index is 11.9. The van der Waals surface area contributed by atoms with Gasteiger partial charge in [-0.15, -0.1) is 0 Å². The van der Waals surface area contributed by atoms with Gasteiger partial charge >= 0.3 is 6.03 Å². The van der Waals surface area contributed by atoms with E-state index in [1.165, 1.54) is 0 Å². The van der Waals surface area contributed by atoms with Gasteiger partial charge in [0.05, 0.1) is 6.61 Å². The molecule has 0 bridgehead atoms. The fourth-order valence-electron chi connectivity index (χ4n) is 2.37. The lowest BCUT2D eigenvalue weighted by molar-refractivity contribution is 0.250. The number of para-hydroxylation sites is 1. The van der Waals surface area contributed by atoms with Gasteiger partial charge in [-0.3, -0.25) is 0 Å². The zero-order chi connectivity index (χ0) is 17.5. The zero-order valence-corrected chi connectivity index (χ0v) is 15.0. The highest BCUT2D eigenvalue weighted by atomic mass is 35.5. The summed E-state index contributed by atoms with van der Waals surface area (Å²) >= 11 is 5.94. The van der Waals surface area contributed by atoms with E-state index < -0.39 is 0 Å². The molecule has 128 valence electrons. The van der Waals surface area contributed by atoms with Crippen LogP contribution >= 0.6 is 11.6 Å². The molecule has 2 amide bonds. The minimum atomic E-state index is -0.243. The van der Waals surface area contributed by atoms with E-state index in [9.17, 15) is 4.79 Å². The summed E-state index contributed by atoms with van der Waals surface area (Å²) in [6, 6.07) is 11.2. The van der Waals surface area contributed by atoms with Gasteiger partial charge in [0, 0.05) is 17.3 Å². The maximum Gasteiger partial charge on any atom is 0.319 e. The lowest BCUT2D eigenvalue weighted by Gasteiger charge is -2.13. The third-order valence-electron chi connectivity index (χ3n) is 3.71. The number of hydrogen-bond donors (Lipinski definition) is 2. The number of carbonyl (C=O) groups is 1. The SMILES string of the molecule is Cc1ccc(Cl)cc1NC(=O)NCCCOc1c(C)cccc1C. The lowest BCUT2D eigenvalue weighted by Crippen LogP contribution is -2.30. The molecule has 0 radical (unpaired) electrons. The van der Waals surface area contributed by atoms with Crippen LogP contribution in [0.2, 0.25) is 5.02 Å². The molecule has 0 unspecified atom stereocenters. The van der Waals surface area contributed by atoms with Crippen LogP contribution < -0.4 is 15.4 Å². The Morgan fingerprint density at radius 2 is 1.79 bits per heavy atom. The predicted molar refractivity (Wildman–Crippen MR) is 99.2 cm³/mol. The van der Waals surface area contributed by atoms with Crippen LogP contribution in [0, 0.1) is 20.8 Å². The molecule has 0 heterocycles. The van der Waals surface area contributed by atoms with Crippen molar-refractivity contribution in [3.05, 3.63) is 58.1 Å². The number of halogens is 1. The van der Waals surface area contributed by atoms with Gasteiger partial charge in [0.1, 0.15) is 5.75 Å². The molecule has 0 aliphatic rings.